The molecule has 0 atom stereocenters. The largest absolute Gasteiger partial charge is 0.379 e. The number of para-hydroxylation sites is 1. The van der Waals surface area contributed by atoms with Crippen LogP contribution in [0.5, 0.6) is 0 Å². The molecule has 1 aliphatic heterocycles. The van der Waals surface area contributed by atoms with Crippen molar-refractivity contribution in [1.29, 1.82) is 0 Å². The SMILES string of the molecule is Cc1nn(C)c2ncc(C(=O)N(CCN3CCOCC3)c3ccccc3)cc12. The molecule has 146 valence electrons. The highest BCUT2D eigenvalue weighted by molar-refractivity contribution is 6.07. The van der Waals surface area contributed by atoms with Crippen LogP contribution in [0.4, 0.5) is 5.69 Å². The van der Waals surface area contributed by atoms with E-state index in [2.05, 4.69) is 15.0 Å². The molecule has 0 radical (unpaired) electrons. The zero-order valence-corrected chi connectivity index (χ0v) is 16.3. The van der Waals surface area contributed by atoms with Crippen molar-refractivity contribution in [2.75, 3.05) is 44.3 Å². The van der Waals surface area contributed by atoms with Gasteiger partial charge in [0, 0.05) is 50.5 Å². The second-order valence-electron chi connectivity index (χ2n) is 7.05. The first kappa shape index (κ1) is 18.6. The van der Waals surface area contributed by atoms with Gasteiger partial charge in [0.15, 0.2) is 5.65 Å². The summed E-state index contributed by atoms with van der Waals surface area (Å²) >= 11 is 0. The Hall–Kier alpha value is -2.77. The number of hydrogen-bond donors (Lipinski definition) is 0. The van der Waals surface area contributed by atoms with Crippen molar-refractivity contribution in [2.45, 2.75) is 6.92 Å². The van der Waals surface area contributed by atoms with Gasteiger partial charge in [-0.15, -0.1) is 0 Å². The molecular formula is C21H25N5O2. The molecule has 2 aromatic heterocycles. The van der Waals surface area contributed by atoms with Crippen LogP contribution in [-0.4, -0.2) is 65.0 Å². The van der Waals surface area contributed by atoms with Gasteiger partial charge in [0.2, 0.25) is 0 Å². The minimum Gasteiger partial charge on any atom is -0.379 e. The fourth-order valence-corrected chi connectivity index (χ4v) is 3.60. The van der Waals surface area contributed by atoms with E-state index in [-0.39, 0.29) is 5.91 Å². The van der Waals surface area contributed by atoms with E-state index in [9.17, 15) is 4.79 Å². The Morgan fingerprint density at radius 1 is 1.21 bits per heavy atom. The quantitative estimate of drug-likeness (QED) is 0.680. The number of pyridine rings is 1. The van der Waals surface area contributed by atoms with Gasteiger partial charge >= 0.3 is 0 Å². The second kappa shape index (κ2) is 8.08. The van der Waals surface area contributed by atoms with Crippen LogP contribution < -0.4 is 4.90 Å². The molecule has 0 bridgehead atoms. The van der Waals surface area contributed by atoms with Crippen molar-refractivity contribution in [2.24, 2.45) is 7.05 Å². The monoisotopic (exact) mass is 379 g/mol. The van der Waals surface area contributed by atoms with Crippen LogP contribution in [0.3, 0.4) is 0 Å². The maximum atomic E-state index is 13.4. The normalized spacial score (nSPS) is 15.1. The third-order valence-electron chi connectivity index (χ3n) is 5.17. The molecule has 0 spiro atoms. The molecule has 1 aromatic carbocycles. The number of amides is 1. The van der Waals surface area contributed by atoms with E-state index < -0.39 is 0 Å². The lowest BCUT2D eigenvalue weighted by atomic mass is 10.1. The summed E-state index contributed by atoms with van der Waals surface area (Å²) in [6, 6.07) is 11.7. The lowest BCUT2D eigenvalue weighted by molar-refractivity contribution is 0.0391. The number of aryl methyl sites for hydroxylation is 2. The Kier molecular flexibility index (Phi) is 5.36. The van der Waals surface area contributed by atoms with E-state index in [0.29, 0.717) is 12.1 Å². The Bertz CT molecular complexity index is 964. The number of carbonyl (C=O) groups is 1. The van der Waals surface area contributed by atoms with Gasteiger partial charge in [0.1, 0.15) is 0 Å². The van der Waals surface area contributed by atoms with E-state index in [1.807, 2.05) is 55.3 Å². The van der Waals surface area contributed by atoms with Gasteiger partial charge in [-0.25, -0.2) is 4.98 Å². The van der Waals surface area contributed by atoms with Gasteiger partial charge in [0.25, 0.3) is 5.91 Å². The van der Waals surface area contributed by atoms with Crippen LogP contribution in [0.1, 0.15) is 16.1 Å². The molecule has 0 N–H and O–H groups in total. The highest BCUT2D eigenvalue weighted by Crippen LogP contribution is 2.21. The van der Waals surface area contributed by atoms with Gasteiger partial charge in [0.05, 0.1) is 24.5 Å². The minimum absolute atomic E-state index is 0.0443. The third kappa shape index (κ3) is 3.76. The molecule has 0 unspecified atom stereocenters. The number of aromatic nitrogens is 3. The van der Waals surface area contributed by atoms with E-state index in [0.717, 1.165) is 55.3 Å². The minimum atomic E-state index is -0.0443. The number of anilines is 1. The van der Waals surface area contributed by atoms with E-state index in [1.165, 1.54) is 0 Å². The molecule has 0 aliphatic carbocycles. The zero-order chi connectivity index (χ0) is 19.5. The van der Waals surface area contributed by atoms with Crippen molar-refractivity contribution in [3.63, 3.8) is 0 Å². The standard InChI is InChI=1S/C21H25N5O2/c1-16-19-14-17(15-22-20(19)24(2)23-16)21(27)26(18-6-4-3-5-7-18)9-8-25-10-12-28-13-11-25/h3-7,14-15H,8-13H2,1-2H3. The molecule has 1 fully saturated rings. The fourth-order valence-electron chi connectivity index (χ4n) is 3.60. The highest BCUT2D eigenvalue weighted by atomic mass is 16.5. The van der Waals surface area contributed by atoms with Crippen molar-refractivity contribution in [3.05, 3.63) is 53.9 Å². The molecule has 1 saturated heterocycles. The molecular weight excluding hydrogens is 354 g/mol. The zero-order valence-electron chi connectivity index (χ0n) is 16.3. The van der Waals surface area contributed by atoms with Crippen LogP contribution >= 0.6 is 0 Å². The molecule has 3 aromatic rings. The Morgan fingerprint density at radius 3 is 2.71 bits per heavy atom. The van der Waals surface area contributed by atoms with E-state index in [1.54, 1.807) is 10.9 Å². The van der Waals surface area contributed by atoms with Crippen LogP contribution in [0.15, 0.2) is 42.6 Å². The molecule has 1 aliphatic rings. The summed E-state index contributed by atoms with van der Waals surface area (Å²) in [6.45, 7) is 6.67. The molecule has 7 nitrogen and oxygen atoms in total. The summed E-state index contributed by atoms with van der Waals surface area (Å²) in [6.07, 6.45) is 1.65. The predicted octanol–water partition coefficient (Wildman–Crippen LogP) is 2.26. The smallest absolute Gasteiger partial charge is 0.259 e. The average molecular weight is 379 g/mol. The molecule has 4 rings (SSSR count). The summed E-state index contributed by atoms with van der Waals surface area (Å²) in [7, 11) is 1.86. The summed E-state index contributed by atoms with van der Waals surface area (Å²) in [5.74, 6) is -0.0443. The first-order chi connectivity index (χ1) is 13.6. The Balaban J connectivity index is 1.61. The number of nitrogens with zero attached hydrogens (tertiary/aromatic N) is 5. The number of fused-ring (bicyclic) bond motifs is 1. The first-order valence-corrected chi connectivity index (χ1v) is 9.60. The van der Waals surface area contributed by atoms with Crippen molar-refractivity contribution < 1.29 is 9.53 Å². The maximum Gasteiger partial charge on any atom is 0.259 e. The number of benzene rings is 1. The van der Waals surface area contributed by atoms with Crippen molar-refractivity contribution in [3.8, 4) is 0 Å². The van der Waals surface area contributed by atoms with Gasteiger partial charge in [-0.2, -0.15) is 5.10 Å². The molecule has 3 heterocycles. The summed E-state index contributed by atoms with van der Waals surface area (Å²) in [5, 5.41) is 5.31. The first-order valence-electron chi connectivity index (χ1n) is 9.60. The van der Waals surface area contributed by atoms with Crippen LogP contribution in [0.2, 0.25) is 0 Å². The molecule has 0 saturated carbocycles. The lowest BCUT2D eigenvalue weighted by Gasteiger charge is -2.30. The summed E-state index contributed by atoms with van der Waals surface area (Å²) in [4.78, 5) is 22.0. The number of carbonyl (C=O) groups excluding carboxylic acids is 1. The van der Waals surface area contributed by atoms with Gasteiger partial charge in [-0.05, 0) is 25.1 Å². The summed E-state index contributed by atoms with van der Waals surface area (Å²) in [5.41, 5.74) is 3.13. The van der Waals surface area contributed by atoms with E-state index >= 15 is 0 Å². The summed E-state index contributed by atoms with van der Waals surface area (Å²) < 4.78 is 7.17. The van der Waals surface area contributed by atoms with Crippen LogP contribution in [0.25, 0.3) is 11.0 Å². The second-order valence-corrected chi connectivity index (χ2v) is 7.05. The highest BCUT2D eigenvalue weighted by Gasteiger charge is 2.21. The van der Waals surface area contributed by atoms with Gasteiger partial charge in [-0.1, -0.05) is 18.2 Å². The Morgan fingerprint density at radius 2 is 1.96 bits per heavy atom. The predicted molar refractivity (Wildman–Crippen MR) is 109 cm³/mol. The van der Waals surface area contributed by atoms with Crippen LogP contribution in [0, 0.1) is 6.92 Å². The number of rotatable bonds is 5. The number of ether oxygens (including phenoxy) is 1. The molecule has 1 amide bonds. The Labute approximate surface area is 164 Å². The molecule has 7 heteroatoms. The number of morpholine rings is 1. The van der Waals surface area contributed by atoms with Gasteiger partial charge in [-0.3, -0.25) is 14.4 Å². The van der Waals surface area contributed by atoms with Crippen molar-refractivity contribution in [1.82, 2.24) is 19.7 Å². The van der Waals surface area contributed by atoms with E-state index in [4.69, 9.17) is 4.74 Å². The fraction of sp³-hybridized carbons (Fsp3) is 0.381. The lowest BCUT2D eigenvalue weighted by Crippen LogP contribution is -2.43. The van der Waals surface area contributed by atoms with Crippen molar-refractivity contribution >= 4 is 22.6 Å². The average Bonchev–Trinajstić information content (AvgIpc) is 3.03. The number of hydrogen-bond acceptors (Lipinski definition) is 5. The van der Waals surface area contributed by atoms with Gasteiger partial charge < -0.3 is 9.64 Å². The van der Waals surface area contributed by atoms with Crippen LogP contribution in [-0.2, 0) is 11.8 Å². The topological polar surface area (TPSA) is 63.5 Å². The third-order valence-corrected chi connectivity index (χ3v) is 5.17. The maximum absolute atomic E-state index is 13.4. The molecule has 28 heavy (non-hydrogen) atoms.